The second kappa shape index (κ2) is 6.21. The van der Waals surface area contributed by atoms with Gasteiger partial charge in [-0.15, -0.1) is 0 Å². The highest BCUT2D eigenvalue weighted by Crippen LogP contribution is 2.15. The van der Waals surface area contributed by atoms with Crippen molar-refractivity contribution in [1.29, 1.82) is 0 Å². The average molecular weight is 227 g/mol. The molecule has 4 heteroatoms. The molecule has 2 N–H and O–H groups in total. The van der Waals surface area contributed by atoms with Gasteiger partial charge in [0.15, 0.2) is 0 Å². The highest BCUT2D eigenvalue weighted by molar-refractivity contribution is 5.77. The fourth-order valence-corrected chi connectivity index (χ4v) is 2.52. The Hall–Kier alpha value is -0.610. The lowest BCUT2D eigenvalue weighted by Gasteiger charge is -2.30. The summed E-state index contributed by atoms with van der Waals surface area (Å²) in [6, 6.07) is 0.591. The number of primary amides is 1. The lowest BCUT2D eigenvalue weighted by atomic mass is 10.1. The van der Waals surface area contributed by atoms with Gasteiger partial charge in [0.05, 0.1) is 5.92 Å². The molecule has 0 radical (unpaired) electrons. The summed E-state index contributed by atoms with van der Waals surface area (Å²) in [6.45, 7) is 8.12. The lowest BCUT2D eigenvalue weighted by Crippen LogP contribution is -2.42. The largest absolute Gasteiger partial charge is 0.369 e. The van der Waals surface area contributed by atoms with Crippen LogP contribution in [0.2, 0.25) is 0 Å². The Morgan fingerprint density at radius 2 is 1.94 bits per heavy atom. The zero-order chi connectivity index (χ0) is 12.1. The van der Waals surface area contributed by atoms with Crippen molar-refractivity contribution in [2.24, 2.45) is 11.7 Å². The predicted molar refractivity (Wildman–Crippen MR) is 66.1 cm³/mol. The molecule has 0 unspecified atom stereocenters. The van der Waals surface area contributed by atoms with Crippen molar-refractivity contribution in [3.8, 4) is 0 Å². The maximum absolute atomic E-state index is 11.4. The SMILES string of the molecule is CCC(CC)N1CCN(C)C[C@H](C(N)=O)C1. The number of likely N-dealkylation sites (N-methyl/N-ethyl adjacent to an activating group) is 1. The molecule has 0 aromatic heterocycles. The molecule has 0 aliphatic carbocycles. The summed E-state index contributed by atoms with van der Waals surface area (Å²) >= 11 is 0. The third kappa shape index (κ3) is 3.46. The topological polar surface area (TPSA) is 49.6 Å². The zero-order valence-corrected chi connectivity index (χ0v) is 10.8. The monoisotopic (exact) mass is 227 g/mol. The Balaban J connectivity index is 2.68. The van der Waals surface area contributed by atoms with E-state index in [0.29, 0.717) is 6.04 Å². The highest BCUT2D eigenvalue weighted by atomic mass is 16.1. The van der Waals surface area contributed by atoms with Gasteiger partial charge in [-0.25, -0.2) is 0 Å². The minimum atomic E-state index is -0.162. The second-order valence-corrected chi connectivity index (χ2v) is 4.83. The molecule has 0 bridgehead atoms. The van der Waals surface area contributed by atoms with Crippen molar-refractivity contribution in [2.45, 2.75) is 32.7 Å². The number of rotatable bonds is 4. The van der Waals surface area contributed by atoms with Crippen molar-refractivity contribution < 1.29 is 4.79 Å². The summed E-state index contributed by atoms with van der Waals surface area (Å²) < 4.78 is 0. The van der Waals surface area contributed by atoms with Crippen molar-refractivity contribution in [3.05, 3.63) is 0 Å². The maximum atomic E-state index is 11.4. The molecular formula is C12H25N3O. The molecule has 1 fully saturated rings. The molecule has 1 heterocycles. The number of nitrogens with zero attached hydrogens (tertiary/aromatic N) is 2. The molecule has 1 aliphatic heterocycles. The second-order valence-electron chi connectivity index (χ2n) is 4.83. The van der Waals surface area contributed by atoms with Crippen LogP contribution in [-0.4, -0.2) is 55.0 Å². The van der Waals surface area contributed by atoms with E-state index in [2.05, 4.69) is 30.7 Å². The Morgan fingerprint density at radius 1 is 1.31 bits per heavy atom. The fraction of sp³-hybridized carbons (Fsp3) is 0.917. The van der Waals surface area contributed by atoms with Crippen LogP contribution < -0.4 is 5.73 Å². The summed E-state index contributed by atoms with van der Waals surface area (Å²) in [5.41, 5.74) is 5.45. The first-order valence-electron chi connectivity index (χ1n) is 6.30. The van der Waals surface area contributed by atoms with E-state index in [9.17, 15) is 4.79 Å². The number of carbonyl (C=O) groups excluding carboxylic acids is 1. The van der Waals surface area contributed by atoms with Crippen LogP contribution in [0, 0.1) is 5.92 Å². The number of amides is 1. The van der Waals surface area contributed by atoms with Crippen molar-refractivity contribution in [3.63, 3.8) is 0 Å². The molecule has 1 aliphatic rings. The van der Waals surface area contributed by atoms with Gasteiger partial charge in [0.2, 0.25) is 5.91 Å². The summed E-state index contributed by atoms with van der Waals surface area (Å²) in [7, 11) is 2.06. The van der Waals surface area contributed by atoms with Crippen LogP contribution in [-0.2, 0) is 4.79 Å². The van der Waals surface area contributed by atoms with E-state index < -0.39 is 0 Å². The Kier molecular flexibility index (Phi) is 5.22. The van der Waals surface area contributed by atoms with Gasteiger partial charge in [-0.3, -0.25) is 9.69 Å². The Labute approximate surface area is 98.8 Å². The maximum Gasteiger partial charge on any atom is 0.223 e. The minimum Gasteiger partial charge on any atom is -0.369 e. The average Bonchev–Trinajstić information content (AvgIpc) is 2.43. The van der Waals surface area contributed by atoms with Crippen molar-refractivity contribution in [1.82, 2.24) is 9.80 Å². The molecule has 1 rings (SSSR count). The molecule has 94 valence electrons. The van der Waals surface area contributed by atoms with Gasteiger partial charge in [0.1, 0.15) is 0 Å². The van der Waals surface area contributed by atoms with Gasteiger partial charge < -0.3 is 10.6 Å². The predicted octanol–water partition coefficient (Wildman–Crippen LogP) is 0.524. The van der Waals surface area contributed by atoms with E-state index in [-0.39, 0.29) is 11.8 Å². The van der Waals surface area contributed by atoms with Crippen LogP contribution in [0.1, 0.15) is 26.7 Å². The van der Waals surface area contributed by atoms with Gasteiger partial charge in [0.25, 0.3) is 0 Å². The van der Waals surface area contributed by atoms with Gasteiger partial charge in [-0.2, -0.15) is 0 Å². The summed E-state index contributed by atoms with van der Waals surface area (Å²) in [5.74, 6) is -0.183. The van der Waals surface area contributed by atoms with E-state index in [4.69, 9.17) is 5.73 Å². The molecule has 4 nitrogen and oxygen atoms in total. The van der Waals surface area contributed by atoms with E-state index in [1.54, 1.807) is 0 Å². The van der Waals surface area contributed by atoms with E-state index in [1.807, 2.05) is 0 Å². The molecule has 1 amide bonds. The van der Waals surface area contributed by atoms with E-state index in [1.165, 1.54) is 0 Å². The molecule has 0 aromatic rings. The molecule has 0 spiro atoms. The van der Waals surface area contributed by atoms with E-state index in [0.717, 1.165) is 39.0 Å². The summed E-state index contributed by atoms with van der Waals surface area (Å²) in [5, 5.41) is 0. The molecule has 1 atom stereocenters. The molecule has 16 heavy (non-hydrogen) atoms. The summed E-state index contributed by atoms with van der Waals surface area (Å²) in [6.07, 6.45) is 2.29. The third-order valence-corrected chi connectivity index (χ3v) is 3.62. The molecule has 0 saturated carbocycles. The minimum absolute atomic E-state index is 0.0203. The standard InChI is InChI=1S/C12H25N3O/c1-4-11(5-2)15-7-6-14(3)8-10(9-15)12(13)16/h10-11H,4-9H2,1-3H3,(H2,13,16)/t10-/m0/s1. The first-order chi connectivity index (χ1) is 7.58. The van der Waals surface area contributed by atoms with Crippen LogP contribution in [0.3, 0.4) is 0 Å². The molecule has 1 saturated heterocycles. The lowest BCUT2D eigenvalue weighted by molar-refractivity contribution is -0.122. The highest BCUT2D eigenvalue weighted by Gasteiger charge is 2.27. The van der Waals surface area contributed by atoms with Gasteiger partial charge in [-0.1, -0.05) is 13.8 Å². The third-order valence-electron chi connectivity index (χ3n) is 3.62. The normalized spacial score (nSPS) is 24.6. The Morgan fingerprint density at radius 3 is 2.44 bits per heavy atom. The first kappa shape index (κ1) is 13.5. The Bertz CT molecular complexity index is 228. The van der Waals surface area contributed by atoms with Crippen LogP contribution in [0.25, 0.3) is 0 Å². The van der Waals surface area contributed by atoms with Crippen LogP contribution in [0.5, 0.6) is 0 Å². The number of hydrogen-bond donors (Lipinski definition) is 1. The van der Waals surface area contributed by atoms with Gasteiger partial charge >= 0.3 is 0 Å². The van der Waals surface area contributed by atoms with Gasteiger partial charge in [0, 0.05) is 32.2 Å². The van der Waals surface area contributed by atoms with Crippen molar-refractivity contribution in [2.75, 3.05) is 33.2 Å². The number of hydrogen-bond acceptors (Lipinski definition) is 3. The number of carbonyl (C=O) groups is 1. The quantitative estimate of drug-likeness (QED) is 0.762. The zero-order valence-electron chi connectivity index (χ0n) is 10.8. The van der Waals surface area contributed by atoms with E-state index >= 15 is 0 Å². The molecular weight excluding hydrogens is 202 g/mol. The van der Waals surface area contributed by atoms with Crippen LogP contribution in [0.15, 0.2) is 0 Å². The molecule has 0 aromatic carbocycles. The first-order valence-corrected chi connectivity index (χ1v) is 6.30. The van der Waals surface area contributed by atoms with Crippen LogP contribution in [0.4, 0.5) is 0 Å². The van der Waals surface area contributed by atoms with Crippen molar-refractivity contribution >= 4 is 5.91 Å². The van der Waals surface area contributed by atoms with Crippen LogP contribution >= 0.6 is 0 Å². The fourth-order valence-electron chi connectivity index (χ4n) is 2.52. The number of nitrogens with two attached hydrogens (primary N) is 1. The summed E-state index contributed by atoms with van der Waals surface area (Å²) in [4.78, 5) is 16.0. The van der Waals surface area contributed by atoms with Gasteiger partial charge in [-0.05, 0) is 19.9 Å². The smallest absolute Gasteiger partial charge is 0.223 e.